The van der Waals surface area contributed by atoms with Crippen LogP contribution in [0.3, 0.4) is 0 Å². The van der Waals surface area contributed by atoms with Crippen LogP contribution >= 0.6 is 0 Å². The molecule has 2 fully saturated rings. The second-order valence-electron chi connectivity index (χ2n) is 9.90. The van der Waals surface area contributed by atoms with E-state index in [0.717, 1.165) is 0 Å². The molecule has 0 radical (unpaired) electrons. The monoisotopic (exact) mass is 464 g/mol. The van der Waals surface area contributed by atoms with Gasteiger partial charge >= 0.3 is 5.97 Å². The molecule has 0 aromatic heterocycles. The summed E-state index contributed by atoms with van der Waals surface area (Å²) in [5.74, 6) is 1.65. The average molecular weight is 465 g/mol. The Kier molecular flexibility index (Phi) is 10.8. The standard InChI is InChI=1S/C16H24O3.C11H20O3/c1-11-12(2)16(13(3)19-15(11)9-17)18-10-14-7-5-4-6-8-14;1-6-7(2)9(4)14-10(8(6)3)11(12)13-5/h4-8,11-13,15-17H,9-10H2,1-3H3;6-10H,1-5H3/t11-,12-,13-,15?,16?;6-,7?,8+,9+,10?/m01/s1. The van der Waals surface area contributed by atoms with Crippen LogP contribution in [-0.4, -0.2) is 55.3 Å². The molecule has 1 aromatic carbocycles. The summed E-state index contributed by atoms with van der Waals surface area (Å²) in [6.07, 6.45) is -0.224. The predicted octanol–water partition coefficient (Wildman–Crippen LogP) is 4.48. The molecule has 0 bridgehead atoms. The fourth-order valence-corrected chi connectivity index (χ4v) is 4.85. The Morgan fingerprint density at radius 1 is 0.848 bits per heavy atom. The number of aliphatic hydroxyl groups is 1. The topological polar surface area (TPSA) is 74.2 Å². The van der Waals surface area contributed by atoms with Crippen molar-refractivity contribution in [1.82, 2.24) is 0 Å². The van der Waals surface area contributed by atoms with Crippen LogP contribution in [0.15, 0.2) is 30.3 Å². The maximum Gasteiger partial charge on any atom is 0.335 e. The molecule has 188 valence electrons. The number of hydrogen-bond donors (Lipinski definition) is 1. The van der Waals surface area contributed by atoms with Gasteiger partial charge in [-0.15, -0.1) is 0 Å². The van der Waals surface area contributed by atoms with Crippen molar-refractivity contribution in [1.29, 1.82) is 0 Å². The van der Waals surface area contributed by atoms with Crippen molar-refractivity contribution < 1.29 is 28.8 Å². The summed E-state index contributed by atoms with van der Waals surface area (Å²) >= 11 is 0. The van der Waals surface area contributed by atoms with E-state index in [0.29, 0.717) is 30.3 Å². The highest BCUT2D eigenvalue weighted by molar-refractivity contribution is 5.75. The van der Waals surface area contributed by atoms with Crippen LogP contribution in [0.1, 0.15) is 54.0 Å². The lowest BCUT2D eigenvalue weighted by Gasteiger charge is -2.43. The van der Waals surface area contributed by atoms with Gasteiger partial charge in [-0.1, -0.05) is 65.0 Å². The highest BCUT2D eigenvalue weighted by Gasteiger charge is 2.41. The number of hydrogen-bond acceptors (Lipinski definition) is 6. The minimum atomic E-state index is -0.388. The van der Waals surface area contributed by atoms with E-state index >= 15 is 0 Å². The van der Waals surface area contributed by atoms with Gasteiger partial charge in [-0.2, -0.15) is 0 Å². The van der Waals surface area contributed by atoms with Crippen LogP contribution in [-0.2, 0) is 30.3 Å². The number of ether oxygens (including phenoxy) is 4. The minimum Gasteiger partial charge on any atom is -0.467 e. The molecule has 0 spiro atoms. The number of carbonyl (C=O) groups is 1. The third-order valence-corrected chi connectivity index (χ3v) is 7.92. The number of methoxy groups -OCH3 is 1. The molecule has 0 aliphatic carbocycles. The molecular formula is C27H44O6. The third-order valence-electron chi connectivity index (χ3n) is 7.92. The predicted molar refractivity (Wildman–Crippen MR) is 129 cm³/mol. The molecule has 0 amide bonds. The van der Waals surface area contributed by atoms with Gasteiger partial charge < -0.3 is 24.1 Å². The number of carbonyl (C=O) groups excluding carboxylic acids is 1. The lowest BCUT2D eigenvalue weighted by Crippen LogP contribution is -2.50. The first-order chi connectivity index (χ1) is 15.6. The van der Waals surface area contributed by atoms with Crippen LogP contribution in [0.2, 0.25) is 0 Å². The number of aliphatic hydroxyl groups excluding tert-OH is 1. The van der Waals surface area contributed by atoms with Crippen LogP contribution in [0.25, 0.3) is 0 Å². The molecule has 2 aliphatic rings. The summed E-state index contributed by atoms with van der Waals surface area (Å²) in [6, 6.07) is 10.2. The summed E-state index contributed by atoms with van der Waals surface area (Å²) in [7, 11) is 1.41. The molecule has 4 unspecified atom stereocenters. The van der Waals surface area contributed by atoms with E-state index in [1.807, 2.05) is 32.0 Å². The van der Waals surface area contributed by atoms with Crippen molar-refractivity contribution in [2.45, 2.75) is 85.6 Å². The quantitative estimate of drug-likeness (QED) is 0.648. The largest absolute Gasteiger partial charge is 0.467 e. The summed E-state index contributed by atoms with van der Waals surface area (Å²) in [5.41, 5.74) is 1.18. The van der Waals surface area contributed by atoms with E-state index in [-0.39, 0.29) is 49.0 Å². The van der Waals surface area contributed by atoms with Crippen molar-refractivity contribution in [3.05, 3.63) is 35.9 Å². The van der Waals surface area contributed by atoms with E-state index in [1.165, 1.54) is 12.7 Å². The zero-order chi connectivity index (χ0) is 24.7. The molecule has 1 N–H and O–H groups in total. The van der Waals surface area contributed by atoms with E-state index in [1.54, 1.807) is 0 Å². The van der Waals surface area contributed by atoms with Crippen LogP contribution in [0, 0.1) is 29.6 Å². The average Bonchev–Trinajstić information content (AvgIpc) is 2.82. The molecule has 6 heteroatoms. The fraction of sp³-hybridized carbons (Fsp3) is 0.741. The first kappa shape index (κ1) is 27.8. The number of esters is 1. The van der Waals surface area contributed by atoms with E-state index in [4.69, 9.17) is 18.9 Å². The summed E-state index contributed by atoms with van der Waals surface area (Å²) in [4.78, 5) is 11.4. The van der Waals surface area contributed by atoms with Gasteiger partial charge in [0.15, 0.2) is 6.10 Å². The zero-order valence-electron chi connectivity index (χ0n) is 21.6. The van der Waals surface area contributed by atoms with Crippen LogP contribution < -0.4 is 0 Å². The Hall–Kier alpha value is -1.47. The van der Waals surface area contributed by atoms with Gasteiger partial charge in [0, 0.05) is 0 Å². The highest BCUT2D eigenvalue weighted by atomic mass is 16.6. The summed E-state index contributed by atoms with van der Waals surface area (Å²) < 4.78 is 22.3. The van der Waals surface area contributed by atoms with E-state index < -0.39 is 0 Å². The molecule has 0 saturated carbocycles. The van der Waals surface area contributed by atoms with Gasteiger partial charge in [-0.3, -0.25) is 0 Å². The molecule has 1 aromatic rings. The van der Waals surface area contributed by atoms with Gasteiger partial charge in [0.1, 0.15) is 0 Å². The van der Waals surface area contributed by atoms with E-state index in [2.05, 4.69) is 46.8 Å². The first-order valence-corrected chi connectivity index (χ1v) is 12.3. The Bertz CT molecular complexity index is 710. The molecule has 6 nitrogen and oxygen atoms in total. The van der Waals surface area contributed by atoms with Crippen molar-refractivity contribution >= 4 is 5.97 Å². The summed E-state index contributed by atoms with van der Waals surface area (Å²) in [5, 5.41) is 9.33. The SMILES string of the molecule is COC(=O)C1O[C@@H](C)C(C)[C@@H](C)[C@@H]1C.C[C@@H]1OC(CO)[C@@H](C)[C@H](C)C1OCc1ccccc1. The molecule has 33 heavy (non-hydrogen) atoms. The fourth-order valence-electron chi connectivity index (χ4n) is 4.85. The third kappa shape index (κ3) is 7.01. The normalized spacial score (nSPS) is 38.7. The highest BCUT2D eigenvalue weighted by Crippen LogP contribution is 2.35. The second kappa shape index (κ2) is 12.8. The molecule has 10 atom stereocenters. The van der Waals surface area contributed by atoms with Gasteiger partial charge in [-0.05, 0) is 49.0 Å². The Morgan fingerprint density at radius 3 is 2.06 bits per heavy atom. The Labute approximate surface area is 199 Å². The molecule has 3 rings (SSSR count). The van der Waals surface area contributed by atoms with E-state index in [9.17, 15) is 9.90 Å². The van der Waals surface area contributed by atoms with Crippen molar-refractivity contribution in [3.8, 4) is 0 Å². The van der Waals surface area contributed by atoms with Crippen LogP contribution in [0.5, 0.6) is 0 Å². The lowest BCUT2D eigenvalue weighted by molar-refractivity contribution is -0.192. The second-order valence-corrected chi connectivity index (χ2v) is 9.90. The molecule has 2 aliphatic heterocycles. The minimum absolute atomic E-state index is 0.0204. The number of rotatable bonds is 5. The van der Waals surface area contributed by atoms with Gasteiger partial charge in [0.05, 0.1) is 44.7 Å². The van der Waals surface area contributed by atoms with Crippen LogP contribution in [0.4, 0.5) is 0 Å². The van der Waals surface area contributed by atoms with Crippen molar-refractivity contribution in [3.63, 3.8) is 0 Å². The zero-order valence-corrected chi connectivity index (χ0v) is 21.6. The molecule has 2 saturated heterocycles. The maximum absolute atomic E-state index is 11.4. The summed E-state index contributed by atoms with van der Waals surface area (Å²) in [6.45, 7) is 15.4. The van der Waals surface area contributed by atoms with Gasteiger partial charge in [-0.25, -0.2) is 4.79 Å². The Balaban J connectivity index is 0.000000245. The van der Waals surface area contributed by atoms with Gasteiger partial charge in [0.25, 0.3) is 0 Å². The lowest BCUT2D eigenvalue weighted by atomic mass is 9.77. The van der Waals surface area contributed by atoms with Crippen molar-refractivity contribution in [2.24, 2.45) is 29.6 Å². The molecule has 2 heterocycles. The van der Waals surface area contributed by atoms with Crippen molar-refractivity contribution in [2.75, 3.05) is 13.7 Å². The number of benzene rings is 1. The Morgan fingerprint density at radius 2 is 1.48 bits per heavy atom. The van der Waals surface area contributed by atoms with Gasteiger partial charge in [0.2, 0.25) is 0 Å². The first-order valence-electron chi connectivity index (χ1n) is 12.3. The molecular weight excluding hydrogens is 420 g/mol. The smallest absolute Gasteiger partial charge is 0.335 e. The maximum atomic E-state index is 11.4.